The van der Waals surface area contributed by atoms with Gasteiger partial charge in [0.15, 0.2) is 0 Å². The molecule has 3 nitrogen and oxygen atoms in total. The molecule has 0 aliphatic carbocycles. The van der Waals surface area contributed by atoms with Crippen LogP contribution in [0.1, 0.15) is 46.5 Å². The quantitative estimate of drug-likeness (QED) is 0.679. The van der Waals surface area contributed by atoms with Crippen LogP contribution in [0.5, 0.6) is 0 Å². The van der Waals surface area contributed by atoms with Gasteiger partial charge in [0.05, 0.1) is 0 Å². The summed E-state index contributed by atoms with van der Waals surface area (Å²) in [7, 11) is -3.13. The van der Waals surface area contributed by atoms with E-state index in [-0.39, 0.29) is 0 Å². The van der Waals surface area contributed by atoms with Gasteiger partial charge in [0.2, 0.25) is 0 Å². The molecule has 0 saturated heterocycles. The Balaban J connectivity index is 0. The maximum atomic E-state index is 8.74. The zero-order chi connectivity index (χ0) is 9.98. The van der Waals surface area contributed by atoms with Crippen molar-refractivity contribution in [2.24, 2.45) is 5.92 Å². The Morgan fingerprint density at radius 1 is 1.33 bits per heavy atom. The Labute approximate surface area is 75.8 Å². The van der Waals surface area contributed by atoms with Crippen molar-refractivity contribution in [1.82, 2.24) is 0 Å². The highest BCUT2D eigenvalue weighted by Crippen LogP contribution is 2.09. The molecule has 0 amide bonds. The maximum absolute atomic E-state index is 8.74. The highest BCUT2D eigenvalue weighted by atomic mass is 31.1. The summed E-state index contributed by atoms with van der Waals surface area (Å²) in [5.74, 6) is 0.954. The molecular formula is C8H21O3P. The van der Waals surface area contributed by atoms with E-state index >= 15 is 0 Å². The third-order valence-electron chi connectivity index (χ3n) is 1.75. The second kappa shape index (κ2) is 11.2. The number of unbranched alkanes of at least 4 members (excludes halogenated alkanes) is 1. The molecule has 0 heterocycles. The second-order valence-electron chi connectivity index (χ2n) is 2.94. The second-order valence-corrected chi connectivity index (χ2v) is 3.50. The van der Waals surface area contributed by atoms with Gasteiger partial charge in [-0.1, -0.05) is 46.5 Å². The largest absolute Gasteiger partial charge is 0.326 e. The highest BCUT2D eigenvalue weighted by molar-refractivity contribution is 7.30. The summed E-state index contributed by atoms with van der Waals surface area (Å²) in [4.78, 5) is 14.3. The summed E-state index contributed by atoms with van der Waals surface area (Å²) in [6.07, 6.45) is 5.53. The van der Waals surface area contributed by atoms with Gasteiger partial charge in [-0.3, -0.25) is 4.57 Å². The molecule has 0 radical (unpaired) electrons. The lowest BCUT2D eigenvalue weighted by atomic mass is 10.0. The molecule has 0 aliphatic heterocycles. The average molecular weight is 196 g/mol. The molecule has 4 heteroatoms. The molecule has 2 N–H and O–H groups in total. The number of hydrogen-bond acceptors (Lipinski definition) is 1. The number of rotatable bonds is 4. The van der Waals surface area contributed by atoms with E-state index in [4.69, 9.17) is 14.4 Å². The van der Waals surface area contributed by atoms with Crippen molar-refractivity contribution in [2.75, 3.05) is 0 Å². The molecule has 0 saturated carbocycles. The summed E-state index contributed by atoms with van der Waals surface area (Å²) >= 11 is 0. The van der Waals surface area contributed by atoms with E-state index in [2.05, 4.69) is 20.8 Å². The van der Waals surface area contributed by atoms with E-state index in [1.807, 2.05) is 0 Å². The Morgan fingerprint density at radius 2 is 1.75 bits per heavy atom. The van der Waals surface area contributed by atoms with Gasteiger partial charge in [0.25, 0.3) is 0 Å². The summed E-state index contributed by atoms with van der Waals surface area (Å²) in [5.41, 5.74) is 0. The first-order valence-corrected chi connectivity index (χ1v) is 5.76. The minimum absolute atomic E-state index is 0.954. The van der Waals surface area contributed by atoms with Crippen LogP contribution in [-0.2, 0) is 4.57 Å². The molecule has 12 heavy (non-hydrogen) atoms. The lowest BCUT2D eigenvalue weighted by molar-refractivity contribution is 0.405. The summed E-state index contributed by atoms with van der Waals surface area (Å²) in [6.45, 7) is 6.85. The molecule has 0 aromatic rings. The summed E-state index contributed by atoms with van der Waals surface area (Å²) in [6, 6.07) is 0. The van der Waals surface area contributed by atoms with Crippen molar-refractivity contribution in [3.63, 3.8) is 0 Å². The van der Waals surface area contributed by atoms with E-state index in [1.54, 1.807) is 0 Å². The van der Waals surface area contributed by atoms with Crippen LogP contribution < -0.4 is 0 Å². The molecule has 76 valence electrons. The first kappa shape index (κ1) is 14.7. The van der Waals surface area contributed by atoms with E-state index in [0.29, 0.717) is 0 Å². The third-order valence-corrected chi connectivity index (χ3v) is 1.75. The Hall–Kier alpha value is 0.150. The first-order valence-electron chi connectivity index (χ1n) is 4.46. The van der Waals surface area contributed by atoms with E-state index in [0.717, 1.165) is 5.92 Å². The topological polar surface area (TPSA) is 57.5 Å². The van der Waals surface area contributed by atoms with Crippen molar-refractivity contribution < 1.29 is 14.4 Å². The van der Waals surface area contributed by atoms with Crippen molar-refractivity contribution >= 4 is 8.25 Å². The fourth-order valence-corrected chi connectivity index (χ4v) is 0.757. The van der Waals surface area contributed by atoms with Crippen molar-refractivity contribution in [1.29, 1.82) is 0 Å². The van der Waals surface area contributed by atoms with Crippen molar-refractivity contribution in [3.8, 4) is 0 Å². The molecule has 1 atom stereocenters. The summed E-state index contributed by atoms with van der Waals surface area (Å²) < 4.78 is 8.74. The minimum atomic E-state index is -3.13. The van der Waals surface area contributed by atoms with Crippen LogP contribution in [0.4, 0.5) is 0 Å². The first-order chi connectivity index (χ1) is 5.54. The molecule has 0 aromatic carbocycles. The monoisotopic (exact) mass is 196 g/mol. The molecule has 0 bridgehead atoms. The van der Waals surface area contributed by atoms with Crippen LogP contribution in [0.25, 0.3) is 0 Å². The molecule has 0 fully saturated rings. The van der Waals surface area contributed by atoms with Gasteiger partial charge in [0.1, 0.15) is 0 Å². The predicted octanol–water partition coefficient (Wildman–Crippen LogP) is 2.58. The molecule has 0 rings (SSSR count). The number of hydrogen-bond donors (Lipinski definition) is 2. The van der Waals surface area contributed by atoms with E-state index in [9.17, 15) is 0 Å². The van der Waals surface area contributed by atoms with Gasteiger partial charge in [-0.2, -0.15) is 0 Å². The molecule has 0 aliphatic rings. The molecule has 1 unspecified atom stereocenters. The predicted molar refractivity (Wildman–Crippen MR) is 52.4 cm³/mol. The van der Waals surface area contributed by atoms with Gasteiger partial charge in [-0.25, -0.2) is 0 Å². The normalized spacial score (nSPS) is 12.2. The SMILES string of the molecule is CCCCC(C)CC.O=[PH](O)O. The summed E-state index contributed by atoms with van der Waals surface area (Å²) in [5, 5.41) is 0. The molecule has 0 aromatic heterocycles. The van der Waals surface area contributed by atoms with Crippen LogP contribution in [0, 0.1) is 5.92 Å². The van der Waals surface area contributed by atoms with Gasteiger partial charge < -0.3 is 9.79 Å². The third kappa shape index (κ3) is 22.5. The van der Waals surface area contributed by atoms with Crippen LogP contribution in [0.15, 0.2) is 0 Å². The van der Waals surface area contributed by atoms with Crippen LogP contribution in [0.2, 0.25) is 0 Å². The average Bonchev–Trinajstić information content (AvgIpc) is 1.99. The van der Waals surface area contributed by atoms with Crippen LogP contribution >= 0.6 is 8.25 Å². The molecule has 0 spiro atoms. The fraction of sp³-hybridized carbons (Fsp3) is 1.00. The smallest absolute Gasteiger partial charge is 0.314 e. The zero-order valence-corrected chi connectivity index (χ0v) is 9.21. The van der Waals surface area contributed by atoms with Crippen molar-refractivity contribution in [2.45, 2.75) is 46.5 Å². The van der Waals surface area contributed by atoms with Crippen LogP contribution in [0.3, 0.4) is 0 Å². The minimum Gasteiger partial charge on any atom is -0.326 e. The lowest BCUT2D eigenvalue weighted by Gasteiger charge is -2.04. The van der Waals surface area contributed by atoms with Gasteiger partial charge >= 0.3 is 8.25 Å². The Morgan fingerprint density at radius 3 is 2.00 bits per heavy atom. The highest BCUT2D eigenvalue weighted by Gasteiger charge is 1.94. The van der Waals surface area contributed by atoms with E-state index < -0.39 is 8.25 Å². The Bertz CT molecular complexity index is 102. The van der Waals surface area contributed by atoms with Gasteiger partial charge in [-0.05, 0) is 5.92 Å². The fourth-order valence-electron chi connectivity index (χ4n) is 0.757. The Kier molecular flexibility index (Phi) is 13.6. The van der Waals surface area contributed by atoms with Gasteiger partial charge in [0, 0.05) is 0 Å². The van der Waals surface area contributed by atoms with Crippen molar-refractivity contribution in [3.05, 3.63) is 0 Å². The van der Waals surface area contributed by atoms with Crippen LogP contribution in [-0.4, -0.2) is 9.79 Å². The molecular weight excluding hydrogens is 175 g/mol. The standard InChI is InChI=1S/C8H18.H3O3P/c1-4-6-7-8(3)5-2;1-4(2)3/h8H,4-7H2,1-3H3;4H,(H2,1,2,3). The van der Waals surface area contributed by atoms with Gasteiger partial charge in [-0.15, -0.1) is 0 Å². The lowest BCUT2D eigenvalue weighted by Crippen LogP contribution is -1.89. The van der Waals surface area contributed by atoms with E-state index in [1.165, 1.54) is 25.7 Å². The zero-order valence-electron chi connectivity index (χ0n) is 8.21. The maximum Gasteiger partial charge on any atom is 0.314 e.